The predicted molar refractivity (Wildman–Crippen MR) is 82.6 cm³/mol. The van der Waals surface area contributed by atoms with Crippen molar-refractivity contribution in [1.82, 2.24) is 4.90 Å². The Morgan fingerprint density at radius 1 is 1.18 bits per heavy atom. The smallest absolute Gasteiger partial charge is 0.339 e. The van der Waals surface area contributed by atoms with Crippen LogP contribution >= 0.6 is 0 Å². The number of quaternary nitrogens is 1. The molecule has 6 heteroatoms. The summed E-state index contributed by atoms with van der Waals surface area (Å²) >= 11 is 0. The van der Waals surface area contributed by atoms with Crippen LogP contribution in [0.15, 0.2) is 24.3 Å². The molecule has 6 nitrogen and oxygen atoms in total. The van der Waals surface area contributed by atoms with Crippen LogP contribution < -0.4 is 5.32 Å². The number of ether oxygens (including phenoxy) is 1. The second-order valence-electron chi connectivity index (χ2n) is 6.10. The molecular weight excluding hydrogens is 282 g/mol. The molecule has 3 saturated heterocycles. The molecule has 3 fully saturated rings. The van der Waals surface area contributed by atoms with E-state index in [4.69, 9.17) is 4.74 Å². The van der Waals surface area contributed by atoms with Crippen LogP contribution in [0.4, 0.5) is 5.69 Å². The number of para-hydroxylation sites is 1. The van der Waals surface area contributed by atoms with E-state index in [0.717, 1.165) is 43.8 Å². The lowest BCUT2D eigenvalue weighted by molar-refractivity contribution is -0.933. The monoisotopic (exact) mass is 304 g/mol. The number of amides is 1. The van der Waals surface area contributed by atoms with Gasteiger partial charge in [0.15, 0.2) is 6.54 Å². The van der Waals surface area contributed by atoms with Gasteiger partial charge in [-0.3, -0.25) is 9.69 Å². The number of esters is 1. The van der Waals surface area contributed by atoms with Crippen molar-refractivity contribution in [2.45, 2.75) is 0 Å². The first kappa shape index (κ1) is 15.0. The molecule has 3 aliphatic rings. The van der Waals surface area contributed by atoms with E-state index < -0.39 is 5.97 Å². The van der Waals surface area contributed by atoms with Gasteiger partial charge >= 0.3 is 5.97 Å². The number of nitrogens with one attached hydrogen (secondary N) is 1. The van der Waals surface area contributed by atoms with Crippen molar-refractivity contribution in [2.24, 2.45) is 0 Å². The maximum Gasteiger partial charge on any atom is 0.339 e. The third kappa shape index (κ3) is 2.98. The minimum Gasteiger partial charge on any atom is -0.465 e. The van der Waals surface area contributed by atoms with Gasteiger partial charge in [-0.1, -0.05) is 12.1 Å². The van der Waals surface area contributed by atoms with Gasteiger partial charge in [0.25, 0.3) is 5.91 Å². The first-order valence-electron chi connectivity index (χ1n) is 7.67. The van der Waals surface area contributed by atoms with E-state index in [-0.39, 0.29) is 5.91 Å². The SMILES string of the molecule is COC(=O)c1ccccc1NC(=O)C[N+]12CCN(CC1)CC2. The number of rotatable bonds is 4. The topological polar surface area (TPSA) is 58.6 Å². The maximum atomic E-state index is 12.4. The van der Waals surface area contributed by atoms with E-state index >= 15 is 0 Å². The minimum absolute atomic E-state index is 0.0355. The molecule has 1 amide bonds. The van der Waals surface area contributed by atoms with Gasteiger partial charge in [0, 0.05) is 19.6 Å². The fourth-order valence-corrected chi connectivity index (χ4v) is 3.34. The Morgan fingerprint density at radius 2 is 1.82 bits per heavy atom. The molecular formula is C16H22N3O3+. The molecule has 0 radical (unpaired) electrons. The van der Waals surface area contributed by atoms with E-state index in [9.17, 15) is 9.59 Å². The number of fused-ring (bicyclic) bond motifs is 3. The zero-order valence-corrected chi connectivity index (χ0v) is 12.9. The standard InChI is InChI=1S/C16H21N3O3/c1-22-16(21)13-4-2-3-5-14(13)17-15(20)12-19-9-6-18(7-10-19)8-11-19/h2-5H,6-12H2,1H3/p+1. The van der Waals surface area contributed by atoms with Gasteiger partial charge in [-0.25, -0.2) is 4.79 Å². The summed E-state index contributed by atoms with van der Waals surface area (Å²) < 4.78 is 5.62. The normalized spacial score (nSPS) is 26.5. The molecule has 4 rings (SSSR count). The Kier molecular flexibility index (Phi) is 4.13. The number of carbonyl (C=O) groups excluding carboxylic acids is 2. The average molecular weight is 304 g/mol. The number of methoxy groups -OCH3 is 1. The highest BCUT2D eigenvalue weighted by molar-refractivity contribution is 6.01. The van der Waals surface area contributed by atoms with Gasteiger partial charge in [0.2, 0.25) is 0 Å². The Hall–Kier alpha value is -1.92. The summed E-state index contributed by atoms with van der Waals surface area (Å²) in [5.41, 5.74) is 0.912. The molecule has 0 unspecified atom stereocenters. The first-order valence-corrected chi connectivity index (χ1v) is 7.67. The van der Waals surface area contributed by atoms with Crippen LogP contribution in [0.2, 0.25) is 0 Å². The summed E-state index contributed by atoms with van der Waals surface area (Å²) in [5.74, 6) is -0.471. The maximum absolute atomic E-state index is 12.4. The Morgan fingerprint density at radius 3 is 2.45 bits per heavy atom. The van der Waals surface area contributed by atoms with Crippen LogP contribution in [0.1, 0.15) is 10.4 Å². The summed E-state index contributed by atoms with van der Waals surface area (Å²) in [6, 6.07) is 6.95. The molecule has 3 heterocycles. The number of piperazine rings is 3. The number of carbonyl (C=O) groups is 2. The zero-order chi connectivity index (χ0) is 15.6. The number of nitrogens with zero attached hydrogens (tertiary/aromatic N) is 2. The molecule has 1 N–H and O–H groups in total. The molecule has 22 heavy (non-hydrogen) atoms. The Labute approximate surface area is 130 Å². The third-order valence-corrected chi connectivity index (χ3v) is 4.76. The lowest BCUT2D eigenvalue weighted by Gasteiger charge is -2.50. The number of hydrogen-bond donors (Lipinski definition) is 1. The Bertz CT molecular complexity index is 566. The lowest BCUT2D eigenvalue weighted by atomic mass is 10.1. The molecule has 2 bridgehead atoms. The van der Waals surface area contributed by atoms with Gasteiger partial charge in [-0.2, -0.15) is 0 Å². The van der Waals surface area contributed by atoms with E-state index in [2.05, 4.69) is 10.2 Å². The van der Waals surface area contributed by atoms with E-state index in [1.807, 2.05) is 0 Å². The van der Waals surface area contributed by atoms with Gasteiger partial charge in [0.05, 0.1) is 38.0 Å². The second-order valence-corrected chi connectivity index (χ2v) is 6.10. The zero-order valence-electron chi connectivity index (χ0n) is 12.9. The van der Waals surface area contributed by atoms with Crippen molar-refractivity contribution >= 4 is 17.6 Å². The number of anilines is 1. The average Bonchev–Trinajstić information content (AvgIpc) is 2.55. The Balaban J connectivity index is 1.68. The van der Waals surface area contributed by atoms with E-state index in [1.54, 1.807) is 24.3 Å². The van der Waals surface area contributed by atoms with Crippen molar-refractivity contribution in [1.29, 1.82) is 0 Å². The molecule has 118 valence electrons. The van der Waals surface area contributed by atoms with Crippen molar-refractivity contribution in [3.8, 4) is 0 Å². The molecule has 0 aliphatic carbocycles. The van der Waals surface area contributed by atoms with Gasteiger partial charge in [-0.05, 0) is 12.1 Å². The van der Waals surface area contributed by atoms with Crippen LogP contribution in [-0.4, -0.2) is 74.2 Å². The lowest BCUT2D eigenvalue weighted by Crippen LogP contribution is -2.68. The molecule has 0 spiro atoms. The van der Waals surface area contributed by atoms with Crippen molar-refractivity contribution < 1.29 is 18.8 Å². The molecule has 1 aromatic carbocycles. The molecule has 0 aromatic heterocycles. The molecule has 0 atom stereocenters. The summed E-state index contributed by atoms with van der Waals surface area (Å²) in [4.78, 5) is 26.6. The van der Waals surface area contributed by atoms with Crippen LogP contribution in [0, 0.1) is 0 Å². The van der Waals surface area contributed by atoms with Crippen LogP contribution in [0.25, 0.3) is 0 Å². The summed E-state index contributed by atoms with van der Waals surface area (Å²) in [5, 5.41) is 2.88. The van der Waals surface area contributed by atoms with Gasteiger partial charge in [-0.15, -0.1) is 0 Å². The van der Waals surface area contributed by atoms with Crippen LogP contribution in [0.3, 0.4) is 0 Å². The highest BCUT2D eigenvalue weighted by Gasteiger charge is 2.39. The van der Waals surface area contributed by atoms with E-state index in [1.165, 1.54) is 7.11 Å². The quantitative estimate of drug-likeness (QED) is 0.652. The molecule has 0 saturated carbocycles. The van der Waals surface area contributed by atoms with Gasteiger partial charge in [0.1, 0.15) is 0 Å². The number of hydrogen-bond acceptors (Lipinski definition) is 4. The van der Waals surface area contributed by atoms with Crippen molar-refractivity contribution in [2.75, 3.05) is 58.2 Å². The second kappa shape index (κ2) is 6.06. The first-order chi connectivity index (χ1) is 10.6. The molecule has 1 aromatic rings. The van der Waals surface area contributed by atoms with Crippen LogP contribution in [0.5, 0.6) is 0 Å². The fourth-order valence-electron chi connectivity index (χ4n) is 3.34. The molecule has 3 aliphatic heterocycles. The highest BCUT2D eigenvalue weighted by Crippen LogP contribution is 2.20. The highest BCUT2D eigenvalue weighted by atomic mass is 16.5. The minimum atomic E-state index is -0.436. The van der Waals surface area contributed by atoms with Crippen molar-refractivity contribution in [3.63, 3.8) is 0 Å². The van der Waals surface area contributed by atoms with Crippen LogP contribution in [-0.2, 0) is 9.53 Å². The fraction of sp³-hybridized carbons (Fsp3) is 0.500. The largest absolute Gasteiger partial charge is 0.465 e. The summed E-state index contributed by atoms with van der Waals surface area (Å²) in [6.45, 7) is 6.80. The number of benzene rings is 1. The summed E-state index contributed by atoms with van der Waals surface area (Å²) in [6.07, 6.45) is 0. The summed E-state index contributed by atoms with van der Waals surface area (Å²) in [7, 11) is 1.34. The predicted octanol–water partition coefficient (Wildman–Crippen LogP) is 0.558. The third-order valence-electron chi connectivity index (χ3n) is 4.76. The van der Waals surface area contributed by atoms with E-state index in [0.29, 0.717) is 17.8 Å². The van der Waals surface area contributed by atoms with Crippen molar-refractivity contribution in [3.05, 3.63) is 29.8 Å². The van der Waals surface area contributed by atoms with Gasteiger partial charge < -0.3 is 14.5 Å².